The van der Waals surface area contributed by atoms with E-state index >= 15 is 0 Å². The number of nitrogens with zero attached hydrogens (tertiary/aromatic N) is 3. The fourth-order valence-corrected chi connectivity index (χ4v) is 1.95. The number of nitrogen functional groups attached to an aromatic ring is 1. The molecule has 0 bridgehead atoms. The van der Waals surface area contributed by atoms with E-state index in [4.69, 9.17) is 17.3 Å². The Kier molecular flexibility index (Phi) is 3.76. The highest BCUT2D eigenvalue weighted by atomic mass is 35.5. The van der Waals surface area contributed by atoms with Gasteiger partial charge in [-0.2, -0.15) is 4.98 Å². The van der Waals surface area contributed by atoms with Gasteiger partial charge in [-0.05, 0) is 30.7 Å². The Labute approximate surface area is 117 Å². The molecule has 0 aliphatic heterocycles. The number of anilines is 4. The van der Waals surface area contributed by atoms with Gasteiger partial charge in [-0.25, -0.2) is 4.98 Å². The molecule has 19 heavy (non-hydrogen) atoms. The van der Waals surface area contributed by atoms with Crippen molar-refractivity contribution in [2.45, 2.75) is 6.92 Å². The summed E-state index contributed by atoms with van der Waals surface area (Å²) in [5, 5.41) is 3.38. The zero-order valence-electron chi connectivity index (χ0n) is 11.1. The number of para-hydroxylation sites is 2. The first kappa shape index (κ1) is 13.4. The predicted octanol–water partition coefficient (Wildman–Crippen LogP) is 2.83. The van der Waals surface area contributed by atoms with Gasteiger partial charge in [-0.1, -0.05) is 12.1 Å². The highest BCUT2D eigenvalue weighted by molar-refractivity contribution is 6.28. The van der Waals surface area contributed by atoms with Crippen molar-refractivity contribution >= 4 is 34.5 Å². The number of halogens is 1. The third kappa shape index (κ3) is 2.88. The summed E-state index contributed by atoms with van der Waals surface area (Å²) < 4.78 is 0. The molecule has 2 aromatic rings. The maximum absolute atomic E-state index is 5.97. The number of nitrogens with two attached hydrogens (primary N) is 1. The Balaban J connectivity index is 2.42. The summed E-state index contributed by atoms with van der Waals surface area (Å²) in [7, 11) is 3.95. The molecule has 1 heterocycles. The Morgan fingerprint density at radius 1 is 1.21 bits per heavy atom. The zero-order valence-corrected chi connectivity index (χ0v) is 11.9. The second-order valence-electron chi connectivity index (χ2n) is 4.38. The molecule has 0 saturated carbocycles. The number of hydrogen-bond donors (Lipinski definition) is 2. The Hall–Kier alpha value is -2.01. The lowest BCUT2D eigenvalue weighted by molar-refractivity contribution is 1.10. The molecular weight excluding hydrogens is 262 g/mol. The Morgan fingerprint density at radius 2 is 1.89 bits per heavy atom. The van der Waals surface area contributed by atoms with Crippen molar-refractivity contribution < 1.29 is 0 Å². The first-order valence-electron chi connectivity index (χ1n) is 5.82. The smallest absolute Gasteiger partial charge is 0.224 e. The molecule has 0 aliphatic carbocycles. The molecular formula is C13H16ClN5. The largest absolute Gasteiger partial charge is 0.394 e. The lowest BCUT2D eigenvalue weighted by Gasteiger charge is -2.18. The fourth-order valence-electron chi connectivity index (χ4n) is 1.74. The highest BCUT2D eigenvalue weighted by Crippen LogP contribution is 2.30. The molecule has 2 rings (SSSR count). The molecule has 0 unspecified atom stereocenters. The van der Waals surface area contributed by atoms with Gasteiger partial charge >= 0.3 is 0 Å². The van der Waals surface area contributed by atoms with Gasteiger partial charge in [0.1, 0.15) is 0 Å². The van der Waals surface area contributed by atoms with Crippen molar-refractivity contribution in [1.82, 2.24) is 9.97 Å². The summed E-state index contributed by atoms with van der Waals surface area (Å²) in [5.41, 5.74) is 9.07. The number of hydrogen-bond acceptors (Lipinski definition) is 5. The van der Waals surface area contributed by atoms with Crippen LogP contribution in [-0.4, -0.2) is 24.1 Å². The second kappa shape index (κ2) is 5.32. The summed E-state index contributed by atoms with van der Waals surface area (Å²) in [6.07, 6.45) is 0. The molecule has 100 valence electrons. The number of aryl methyl sites for hydroxylation is 1. The highest BCUT2D eigenvalue weighted by Gasteiger charge is 2.10. The third-order valence-electron chi connectivity index (χ3n) is 2.75. The van der Waals surface area contributed by atoms with E-state index in [1.807, 2.05) is 43.3 Å². The molecule has 0 fully saturated rings. The Bertz CT molecular complexity index is 598. The molecule has 0 aliphatic rings. The lowest BCUT2D eigenvalue weighted by Crippen LogP contribution is -2.12. The standard InChI is InChI=1S/C13H16ClN5/c1-8-11(15)12(18-13(14)16-8)17-9-6-4-5-7-10(9)19(2)3/h4-7H,15H2,1-3H3,(H,16,17,18). The maximum atomic E-state index is 5.97. The first-order valence-corrected chi connectivity index (χ1v) is 6.20. The summed E-state index contributed by atoms with van der Waals surface area (Å²) in [6, 6.07) is 7.89. The minimum Gasteiger partial charge on any atom is -0.394 e. The monoisotopic (exact) mass is 277 g/mol. The van der Waals surface area contributed by atoms with Crippen molar-refractivity contribution in [2.24, 2.45) is 0 Å². The van der Waals surface area contributed by atoms with Crippen LogP contribution in [0.3, 0.4) is 0 Å². The van der Waals surface area contributed by atoms with E-state index in [1.165, 1.54) is 0 Å². The van der Waals surface area contributed by atoms with Gasteiger partial charge in [0.05, 0.1) is 22.8 Å². The minimum absolute atomic E-state index is 0.177. The number of rotatable bonds is 3. The number of nitrogens with one attached hydrogen (secondary N) is 1. The lowest BCUT2D eigenvalue weighted by atomic mass is 10.2. The molecule has 0 saturated heterocycles. The molecule has 0 spiro atoms. The number of aromatic nitrogens is 2. The van der Waals surface area contributed by atoms with Crippen LogP contribution in [0.5, 0.6) is 0 Å². The van der Waals surface area contributed by atoms with Gasteiger partial charge in [-0.3, -0.25) is 0 Å². The van der Waals surface area contributed by atoms with Gasteiger partial charge in [0.25, 0.3) is 0 Å². The van der Waals surface area contributed by atoms with Crippen LogP contribution in [0, 0.1) is 6.92 Å². The van der Waals surface area contributed by atoms with E-state index in [0.717, 1.165) is 11.4 Å². The van der Waals surface area contributed by atoms with Crippen LogP contribution in [0.25, 0.3) is 0 Å². The molecule has 0 amide bonds. The van der Waals surface area contributed by atoms with Crippen LogP contribution in [0.2, 0.25) is 5.28 Å². The molecule has 6 heteroatoms. The van der Waals surface area contributed by atoms with Gasteiger partial charge in [0.2, 0.25) is 5.28 Å². The van der Waals surface area contributed by atoms with Gasteiger partial charge < -0.3 is 16.0 Å². The molecule has 0 atom stereocenters. The summed E-state index contributed by atoms with van der Waals surface area (Å²) in [4.78, 5) is 10.1. The van der Waals surface area contributed by atoms with Crippen molar-refractivity contribution in [2.75, 3.05) is 30.0 Å². The van der Waals surface area contributed by atoms with E-state index in [2.05, 4.69) is 15.3 Å². The van der Waals surface area contributed by atoms with E-state index in [9.17, 15) is 0 Å². The van der Waals surface area contributed by atoms with E-state index in [-0.39, 0.29) is 5.28 Å². The molecule has 0 radical (unpaired) electrons. The van der Waals surface area contributed by atoms with Gasteiger partial charge in [0, 0.05) is 14.1 Å². The van der Waals surface area contributed by atoms with Crippen LogP contribution in [0.15, 0.2) is 24.3 Å². The molecule has 5 nitrogen and oxygen atoms in total. The molecule has 3 N–H and O–H groups in total. The van der Waals surface area contributed by atoms with Crippen LogP contribution >= 0.6 is 11.6 Å². The SMILES string of the molecule is Cc1nc(Cl)nc(Nc2ccccc2N(C)C)c1N. The average molecular weight is 278 g/mol. The van der Waals surface area contributed by atoms with Crippen LogP contribution in [0.4, 0.5) is 22.9 Å². The summed E-state index contributed by atoms with van der Waals surface area (Å²) in [5.74, 6) is 0.520. The zero-order chi connectivity index (χ0) is 14.0. The topological polar surface area (TPSA) is 67.1 Å². The van der Waals surface area contributed by atoms with Gasteiger partial charge in [0.15, 0.2) is 5.82 Å². The quantitative estimate of drug-likeness (QED) is 0.845. The average Bonchev–Trinajstić information content (AvgIpc) is 2.35. The number of benzene rings is 1. The van der Waals surface area contributed by atoms with Crippen molar-refractivity contribution in [3.8, 4) is 0 Å². The minimum atomic E-state index is 0.177. The van der Waals surface area contributed by atoms with E-state index in [0.29, 0.717) is 17.2 Å². The first-order chi connectivity index (χ1) is 8.99. The fraction of sp³-hybridized carbons (Fsp3) is 0.231. The summed E-state index contributed by atoms with van der Waals surface area (Å²) in [6.45, 7) is 1.80. The van der Waals surface area contributed by atoms with E-state index in [1.54, 1.807) is 6.92 Å². The van der Waals surface area contributed by atoms with Crippen molar-refractivity contribution in [3.05, 3.63) is 35.2 Å². The summed E-state index contributed by atoms with van der Waals surface area (Å²) >= 11 is 5.86. The van der Waals surface area contributed by atoms with E-state index < -0.39 is 0 Å². The van der Waals surface area contributed by atoms with Crippen LogP contribution in [0.1, 0.15) is 5.69 Å². The van der Waals surface area contributed by atoms with Crippen molar-refractivity contribution in [3.63, 3.8) is 0 Å². The normalized spacial score (nSPS) is 10.3. The Morgan fingerprint density at radius 3 is 2.58 bits per heavy atom. The molecule has 1 aromatic carbocycles. The second-order valence-corrected chi connectivity index (χ2v) is 4.71. The third-order valence-corrected chi connectivity index (χ3v) is 2.92. The van der Waals surface area contributed by atoms with Crippen LogP contribution < -0.4 is 16.0 Å². The van der Waals surface area contributed by atoms with Crippen molar-refractivity contribution in [1.29, 1.82) is 0 Å². The predicted molar refractivity (Wildman–Crippen MR) is 80.2 cm³/mol. The maximum Gasteiger partial charge on any atom is 0.224 e. The molecule has 1 aromatic heterocycles. The van der Waals surface area contributed by atoms with Crippen LogP contribution in [-0.2, 0) is 0 Å². The van der Waals surface area contributed by atoms with Gasteiger partial charge in [-0.15, -0.1) is 0 Å².